The predicted octanol–water partition coefficient (Wildman–Crippen LogP) is 1.81. The van der Waals surface area contributed by atoms with E-state index >= 15 is 0 Å². The average Bonchev–Trinajstić information content (AvgIpc) is 3.28. The summed E-state index contributed by atoms with van der Waals surface area (Å²) < 4.78 is 0. The lowest BCUT2D eigenvalue weighted by Gasteiger charge is -2.36. The molecule has 1 saturated heterocycles. The van der Waals surface area contributed by atoms with E-state index in [2.05, 4.69) is 10.2 Å². The third kappa shape index (κ3) is 4.32. The van der Waals surface area contributed by atoms with Crippen LogP contribution in [0, 0.1) is 5.92 Å². The molecule has 3 rings (SSSR count). The average molecular weight is 335 g/mol. The summed E-state index contributed by atoms with van der Waals surface area (Å²) >= 11 is 1.46. The van der Waals surface area contributed by atoms with Gasteiger partial charge in [0.15, 0.2) is 0 Å². The molecule has 2 aliphatic rings. The Labute approximate surface area is 141 Å². The second-order valence-electron chi connectivity index (χ2n) is 6.38. The smallest absolute Gasteiger partial charge is 0.261 e. The van der Waals surface area contributed by atoms with E-state index in [1.807, 2.05) is 22.4 Å². The number of nitrogens with one attached hydrogen (secondary N) is 1. The molecule has 1 aliphatic carbocycles. The van der Waals surface area contributed by atoms with E-state index < -0.39 is 0 Å². The molecule has 2 heterocycles. The van der Waals surface area contributed by atoms with Crippen LogP contribution in [0.4, 0.5) is 0 Å². The number of hydrogen-bond acceptors (Lipinski definition) is 4. The molecule has 6 heteroatoms. The Hall–Kier alpha value is -1.40. The van der Waals surface area contributed by atoms with E-state index in [1.165, 1.54) is 24.2 Å². The highest BCUT2D eigenvalue weighted by molar-refractivity contribution is 7.12. The summed E-state index contributed by atoms with van der Waals surface area (Å²) in [5.74, 6) is 0.662. The fourth-order valence-corrected chi connectivity index (χ4v) is 4.09. The summed E-state index contributed by atoms with van der Waals surface area (Å²) in [6, 6.07) is 3.73. The lowest BCUT2D eigenvalue weighted by molar-refractivity contribution is -0.137. The van der Waals surface area contributed by atoms with Gasteiger partial charge in [0.1, 0.15) is 0 Å². The Bertz CT molecular complexity index is 518. The van der Waals surface area contributed by atoms with Gasteiger partial charge in [0, 0.05) is 45.2 Å². The minimum atomic E-state index is 0.00930. The Kier molecular flexibility index (Phi) is 5.67. The van der Waals surface area contributed by atoms with Crippen molar-refractivity contribution in [3.63, 3.8) is 0 Å². The van der Waals surface area contributed by atoms with Gasteiger partial charge < -0.3 is 10.2 Å². The molecule has 1 aromatic rings. The van der Waals surface area contributed by atoms with Crippen LogP contribution in [0.5, 0.6) is 0 Å². The molecule has 2 amide bonds. The number of hydrogen-bond donors (Lipinski definition) is 1. The second kappa shape index (κ2) is 7.93. The van der Waals surface area contributed by atoms with Gasteiger partial charge in [-0.25, -0.2) is 0 Å². The van der Waals surface area contributed by atoms with Gasteiger partial charge in [0.25, 0.3) is 5.91 Å². The number of carbonyl (C=O) groups excluding carboxylic acids is 2. The van der Waals surface area contributed by atoms with E-state index in [0.717, 1.165) is 50.4 Å². The van der Waals surface area contributed by atoms with Gasteiger partial charge >= 0.3 is 0 Å². The van der Waals surface area contributed by atoms with Crippen molar-refractivity contribution in [2.24, 2.45) is 5.92 Å². The summed E-state index contributed by atoms with van der Waals surface area (Å²) in [5.41, 5.74) is 0. The first-order chi connectivity index (χ1) is 11.2. The van der Waals surface area contributed by atoms with Crippen LogP contribution >= 0.6 is 11.3 Å². The van der Waals surface area contributed by atoms with Gasteiger partial charge in [-0.3, -0.25) is 14.5 Å². The number of nitrogens with zero attached hydrogens (tertiary/aromatic N) is 2. The minimum Gasteiger partial charge on any atom is -0.350 e. The van der Waals surface area contributed by atoms with Crippen LogP contribution in [-0.4, -0.2) is 60.9 Å². The Balaban J connectivity index is 1.34. The summed E-state index contributed by atoms with van der Waals surface area (Å²) in [6.45, 7) is 4.99. The van der Waals surface area contributed by atoms with Crippen LogP contribution in [0.15, 0.2) is 17.5 Å². The summed E-state index contributed by atoms with van der Waals surface area (Å²) in [4.78, 5) is 29.4. The van der Waals surface area contributed by atoms with E-state index in [0.29, 0.717) is 12.5 Å². The second-order valence-corrected chi connectivity index (χ2v) is 7.33. The Morgan fingerprint density at radius 1 is 1.17 bits per heavy atom. The van der Waals surface area contributed by atoms with Crippen LogP contribution in [0.25, 0.3) is 0 Å². The van der Waals surface area contributed by atoms with Gasteiger partial charge in [-0.2, -0.15) is 0 Å². The minimum absolute atomic E-state index is 0.00930. The van der Waals surface area contributed by atoms with E-state index in [4.69, 9.17) is 0 Å². The maximum absolute atomic E-state index is 12.4. The van der Waals surface area contributed by atoms with Crippen molar-refractivity contribution in [3.05, 3.63) is 22.4 Å². The zero-order valence-electron chi connectivity index (χ0n) is 13.5. The number of rotatable bonds is 5. The van der Waals surface area contributed by atoms with Crippen molar-refractivity contribution < 1.29 is 9.59 Å². The Morgan fingerprint density at radius 2 is 1.91 bits per heavy atom. The van der Waals surface area contributed by atoms with Gasteiger partial charge in [0.05, 0.1) is 4.88 Å². The fraction of sp³-hybridized carbons (Fsp3) is 0.647. The molecule has 0 unspecified atom stereocenters. The fourth-order valence-electron chi connectivity index (χ4n) is 3.45. The highest BCUT2D eigenvalue weighted by Gasteiger charge is 2.29. The molecular weight excluding hydrogens is 310 g/mol. The molecule has 1 saturated carbocycles. The first-order valence-electron chi connectivity index (χ1n) is 8.57. The van der Waals surface area contributed by atoms with Crippen LogP contribution in [0.2, 0.25) is 0 Å². The van der Waals surface area contributed by atoms with Crippen molar-refractivity contribution in [2.75, 3.05) is 39.3 Å². The molecule has 1 aliphatic heterocycles. The maximum atomic E-state index is 12.4. The van der Waals surface area contributed by atoms with Gasteiger partial charge in [-0.05, 0) is 24.3 Å². The molecule has 0 aromatic carbocycles. The molecule has 0 bridgehead atoms. The zero-order chi connectivity index (χ0) is 16.1. The van der Waals surface area contributed by atoms with Gasteiger partial charge in [-0.15, -0.1) is 11.3 Å². The molecule has 23 heavy (non-hydrogen) atoms. The number of piperazine rings is 1. The van der Waals surface area contributed by atoms with Gasteiger partial charge in [-0.1, -0.05) is 18.9 Å². The lowest BCUT2D eigenvalue weighted by Crippen LogP contribution is -2.51. The first-order valence-corrected chi connectivity index (χ1v) is 9.45. The molecule has 126 valence electrons. The van der Waals surface area contributed by atoms with Crippen LogP contribution in [0.1, 0.15) is 35.4 Å². The Morgan fingerprint density at radius 3 is 2.57 bits per heavy atom. The topological polar surface area (TPSA) is 52.7 Å². The first kappa shape index (κ1) is 16.5. The van der Waals surface area contributed by atoms with Gasteiger partial charge in [0.2, 0.25) is 5.91 Å². The van der Waals surface area contributed by atoms with E-state index in [9.17, 15) is 9.59 Å². The molecular formula is C17H25N3O2S. The van der Waals surface area contributed by atoms with Crippen molar-refractivity contribution in [1.82, 2.24) is 15.1 Å². The molecule has 2 fully saturated rings. The lowest BCUT2D eigenvalue weighted by atomic mass is 10.1. The van der Waals surface area contributed by atoms with Crippen LogP contribution in [-0.2, 0) is 4.79 Å². The van der Waals surface area contributed by atoms with Crippen molar-refractivity contribution in [2.45, 2.75) is 25.7 Å². The standard InChI is InChI=1S/C17H25N3O2S/c21-16(15-6-3-13-23-15)18-7-8-19-9-11-20(12-10-19)17(22)14-4-1-2-5-14/h3,6,13-14H,1-2,4-5,7-12H2,(H,18,21). The molecule has 1 N–H and O–H groups in total. The molecule has 0 spiro atoms. The largest absolute Gasteiger partial charge is 0.350 e. The summed E-state index contributed by atoms with van der Waals surface area (Å²) in [5, 5.41) is 4.87. The SMILES string of the molecule is O=C(NCCN1CCN(C(=O)C2CCCC2)CC1)c1cccs1. The molecule has 0 atom stereocenters. The van der Waals surface area contributed by atoms with E-state index in [1.54, 1.807) is 0 Å². The van der Waals surface area contributed by atoms with Crippen molar-refractivity contribution in [1.29, 1.82) is 0 Å². The highest BCUT2D eigenvalue weighted by Crippen LogP contribution is 2.26. The quantitative estimate of drug-likeness (QED) is 0.893. The van der Waals surface area contributed by atoms with Crippen LogP contribution < -0.4 is 5.32 Å². The normalized spacial score (nSPS) is 19.9. The van der Waals surface area contributed by atoms with Crippen molar-refractivity contribution in [3.8, 4) is 0 Å². The molecule has 5 nitrogen and oxygen atoms in total. The third-order valence-electron chi connectivity index (χ3n) is 4.85. The number of carbonyl (C=O) groups is 2. The van der Waals surface area contributed by atoms with Crippen molar-refractivity contribution >= 4 is 23.2 Å². The van der Waals surface area contributed by atoms with E-state index in [-0.39, 0.29) is 11.8 Å². The number of amides is 2. The zero-order valence-corrected chi connectivity index (χ0v) is 14.3. The summed E-state index contributed by atoms with van der Waals surface area (Å²) in [6.07, 6.45) is 4.57. The van der Waals surface area contributed by atoms with Crippen LogP contribution in [0.3, 0.4) is 0 Å². The summed E-state index contributed by atoms with van der Waals surface area (Å²) in [7, 11) is 0. The maximum Gasteiger partial charge on any atom is 0.261 e. The predicted molar refractivity (Wildman–Crippen MR) is 91.6 cm³/mol. The number of thiophene rings is 1. The highest BCUT2D eigenvalue weighted by atomic mass is 32.1. The monoisotopic (exact) mass is 335 g/mol. The molecule has 1 aromatic heterocycles. The molecule has 0 radical (unpaired) electrons. The third-order valence-corrected chi connectivity index (χ3v) is 5.72.